The number of nitrogens with one attached hydrogen (secondary N) is 1. The van der Waals surface area contributed by atoms with E-state index >= 15 is 0 Å². The first-order valence-corrected chi connectivity index (χ1v) is 7.42. The minimum Gasteiger partial charge on any atom is -0.482 e. The van der Waals surface area contributed by atoms with Gasteiger partial charge in [0.25, 0.3) is 11.8 Å². The summed E-state index contributed by atoms with van der Waals surface area (Å²) in [4.78, 5) is 25.4. The first kappa shape index (κ1) is 15.1. The molecule has 0 aromatic heterocycles. The average molecular weight is 310 g/mol. The largest absolute Gasteiger partial charge is 0.482 e. The van der Waals surface area contributed by atoms with Crippen molar-refractivity contribution in [3.8, 4) is 5.75 Å². The van der Waals surface area contributed by atoms with Gasteiger partial charge in [0.15, 0.2) is 6.61 Å². The van der Waals surface area contributed by atoms with E-state index in [0.29, 0.717) is 17.9 Å². The van der Waals surface area contributed by atoms with Crippen molar-refractivity contribution in [2.24, 2.45) is 0 Å². The zero-order chi connectivity index (χ0) is 16.4. The number of carbonyl (C=O) groups excluding carboxylic acids is 2. The number of nitrogens with zero attached hydrogens (tertiary/aromatic N) is 1. The predicted molar refractivity (Wildman–Crippen MR) is 87.7 cm³/mol. The summed E-state index contributed by atoms with van der Waals surface area (Å²) in [6.45, 7) is 2.40. The van der Waals surface area contributed by atoms with Crippen LogP contribution in [0.3, 0.4) is 0 Å². The van der Waals surface area contributed by atoms with Crippen LogP contribution in [0.1, 0.15) is 21.5 Å². The monoisotopic (exact) mass is 310 g/mol. The standard InChI is InChI=1S/C18H18N2O3/c1-12-4-3-5-14(8-12)18(22)19-10-13-6-7-16-15(9-13)20(2)17(21)11-23-16/h3-9H,10-11H2,1-2H3,(H,19,22). The normalized spacial score (nSPS) is 13.3. The third kappa shape index (κ3) is 3.18. The van der Waals surface area contributed by atoms with E-state index in [-0.39, 0.29) is 18.4 Å². The molecule has 2 aromatic carbocycles. The van der Waals surface area contributed by atoms with Gasteiger partial charge in [0, 0.05) is 19.2 Å². The molecule has 118 valence electrons. The number of ether oxygens (including phenoxy) is 1. The van der Waals surface area contributed by atoms with E-state index in [1.165, 1.54) is 0 Å². The molecule has 2 amide bonds. The first-order valence-electron chi connectivity index (χ1n) is 7.42. The maximum Gasteiger partial charge on any atom is 0.264 e. The van der Waals surface area contributed by atoms with Crippen molar-refractivity contribution in [2.45, 2.75) is 13.5 Å². The fourth-order valence-corrected chi connectivity index (χ4v) is 2.50. The molecule has 0 atom stereocenters. The number of hydrogen-bond donors (Lipinski definition) is 1. The number of hydrogen-bond acceptors (Lipinski definition) is 3. The van der Waals surface area contributed by atoms with Crippen LogP contribution in [-0.4, -0.2) is 25.5 Å². The van der Waals surface area contributed by atoms with E-state index in [9.17, 15) is 9.59 Å². The quantitative estimate of drug-likeness (QED) is 0.946. The van der Waals surface area contributed by atoms with Gasteiger partial charge in [0.2, 0.25) is 0 Å². The maximum absolute atomic E-state index is 12.2. The lowest BCUT2D eigenvalue weighted by atomic mass is 10.1. The molecule has 1 aliphatic heterocycles. The van der Waals surface area contributed by atoms with Crippen molar-refractivity contribution < 1.29 is 14.3 Å². The lowest BCUT2D eigenvalue weighted by Crippen LogP contribution is -2.35. The number of aryl methyl sites for hydroxylation is 1. The lowest BCUT2D eigenvalue weighted by molar-refractivity contribution is -0.120. The van der Waals surface area contributed by atoms with E-state index in [4.69, 9.17) is 4.74 Å². The van der Waals surface area contributed by atoms with Crippen molar-refractivity contribution in [2.75, 3.05) is 18.6 Å². The Hall–Kier alpha value is -2.82. The highest BCUT2D eigenvalue weighted by Crippen LogP contribution is 2.31. The summed E-state index contributed by atoms with van der Waals surface area (Å²) in [7, 11) is 1.72. The van der Waals surface area contributed by atoms with Gasteiger partial charge in [0.05, 0.1) is 5.69 Å². The average Bonchev–Trinajstić information content (AvgIpc) is 2.56. The summed E-state index contributed by atoms with van der Waals surface area (Å²) in [5.41, 5.74) is 3.32. The number of carbonyl (C=O) groups is 2. The lowest BCUT2D eigenvalue weighted by Gasteiger charge is -2.26. The molecular weight excluding hydrogens is 292 g/mol. The van der Waals surface area contributed by atoms with Crippen LogP contribution in [0.4, 0.5) is 5.69 Å². The van der Waals surface area contributed by atoms with Crippen molar-refractivity contribution >= 4 is 17.5 Å². The van der Waals surface area contributed by atoms with Crippen LogP contribution >= 0.6 is 0 Å². The van der Waals surface area contributed by atoms with Crippen molar-refractivity contribution in [1.82, 2.24) is 5.32 Å². The molecule has 0 saturated heterocycles. The Labute approximate surface area is 134 Å². The number of likely N-dealkylation sites (N-methyl/N-ethyl adjacent to an activating group) is 1. The number of amides is 2. The van der Waals surface area contributed by atoms with E-state index < -0.39 is 0 Å². The summed E-state index contributed by atoms with van der Waals surface area (Å²) in [5.74, 6) is 0.478. The van der Waals surface area contributed by atoms with E-state index in [1.807, 2.05) is 43.3 Å². The Morgan fingerprint density at radius 1 is 1.26 bits per heavy atom. The van der Waals surface area contributed by atoms with Gasteiger partial charge in [-0.05, 0) is 36.8 Å². The van der Waals surface area contributed by atoms with Crippen molar-refractivity contribution in [3.63, 3.8) is 0 Å². The third-order valence-electron chi connectivity index (χ3n) is 3.84. The van der Waals surface area contributed by atoms with Crippen LogP contribution in [0.5, 0.6) is 5.75 Å². The minimum atomic E-state index is -0.118. The molecule has 1 N–H and O–H groups in total. The molecule has 0 bridgehead atoms. The summed E-state index contributed by atoms with van der Waals surface area (Å²) < 4.78 is 5.39. The molecule has 1 aliphatic rings. The minimum absolute atomic E-state index is 0.0624. The zero-order valence-corrected chi connectivity index (χ0v) is 13.1. The van der Waals surface area contributed by atoms with Crippen LogP contribution in [0, 0.1) is 6.92 Å². The van der Waals surface area contributed by atoms with Crippen LogP contribution in [0.15, 0.2) is 42.5 Å². The van der Waals surface area contributed by atoms with Crippen molar-refractivity contribution in [1.29, 1.82) is 0 Å². The van der Waals surface area contributed by atoms with Gasteiger partial charge < -0.3 is 15.0 Å². The van der Waals surface area contributed by atoms with Crippen LogP contribution in [-0.2, 0) is 11.3 Å². The Kier molecular flexibility index (Phi) is 4.02. The number of anilines is 1. The van der Waals surface area contributed by atoms with E-state index in [2.05, 4.69) is 5.32 Å². The summed E-state index contributed by atoms with van der Waals surface area (Å²) in [6.07, 6.45) is 0. The van der Waals surface area contributed by atoms with Gasteiger partial charge >= 0.3 is 0 Å². The maximum atomic E-state index is 12.2. The summed E-state index contributed by atoms with van der Waals surface area (Å²) in [5, 5.41) is 2.89. The van der Waals surface area contributed by atoms with Crippen LogP contribution in [0.2, 0.25) is 0 Å². The molecule has 2 aromatic rings. The van der Waals surface area contributed by atoms with Gasteiger partial charge in [-0.2, -0.15) is 0 Å². The molecule has 5 nitrogen and oxygen atoms in total. The van der Waals surface area contributed by atoms with Gasteiger partial charge in [-0.15, -0.1) is 0 Å². The Morgan fingerprint density at radius 3 is 2.87 bits per heavy atom. The number of fused-ring (bicyclic) bond motifs is 1. The van der Waals surface area contributed by atoms with Crippen LogP contribution < -0.4 is 15.0 Å². The molecule has 0 unspecified atom stereocenters. The Bertz CT molecular complexity index is 771. The second-order valence-corrected chi connectivity index (χ2v) is 5.60. The van der Waals surface area contributed by atoms with Gasteiger partial charge in [-0.25, -0.2) is 0 Å². The molecule has 23 heavy (non-hydrogen) atoms. The first-order chi connectivity index (χ1) is 11.0. The second-order valence-electron chi connectivity index (χ2n) is 5.60. The van der Waals surface area contributed by atoms with E-state index in [1.54, 1.807) is 18.0 Å². The zero-order valence-electron chi connectivity index (χ0n) is 13.1. The molecule has 5 heteroatoms. The Balaban J connectivity index is 1.72. The Morgan fingerprint density at radius 2 is 2.09 bits per heavy atom. The summed E-state index contributed by atoms with van der Waals surface area (Å²) >= 11 is 0. The molecule has 0 spiro atoms. The highest BCUT2D eigenvalue weighted by atomic mass is 16.5. The topological polar surface area (TPSA) is 58.6 Å². The SMILES string of the molecule is Cc1cccc(C(=O)NCc2ccc3c(c2)N(C)C(=O)CO3)c1. The summed E-state index contributed by atoms with van der Waals surface area (Å²) in [6, 6.07) is 13.0. The van der Waals surface area contributed by atoms with Gasteiger partial charge in [-0.3, -0.25) is 9.59 Å². The van der Waals surface area contributed by atoms with Gasteiger partial charge in [-0.1, -0.05) is 23.8 Å². The molecule has 0 radical (unpaired) electrons. The smallest absolute Gasteiger partial charge is 0.264 e. The van der Waals surface area contributed by atoms with Crippen LogP contribution in [0.25, 0.3) is 0 Å². The fraction of sp³-hybridized carbons (Fsp3) is 0.222. The second kappa shape index (κ2) is 6.12. The van der Waals surface area contributed by atoms with Gasteiger partial charge in [0.1, 0.15) is 5.75 Å². The number of rotatable bonds is 3. The molecule has 0 aliphatic carbocycles. The molecule has 0 fully saturated rings. The number of benzene rings is 2. The molecular formula is C18H18N2O3. The highest BCUT2D eigenvalue weighted by molar-refractivity contribution is 5.97. The predicted octanol–water partition coefficient (Wildman–Crippen LogP) is 2.28. The van der Waals surface area contributed by atoms with Crippen molar-refractivity contribution in [3.05, 3.63) is 59.2 Å². The van der Waals surface area contributed by atoms with E-state index in [0.717, 1.165) is 16.8 Å². The molecule has 1 heterocycles. The third-order valence-corrected chi connectivity index (χ3v) is 3.84. The fourth-order valence-electron chi connectivity index (χ4n) is 2.50. The molecule has 0 saturated carbocycles. The highest BCUT2D eigenvalue weighted by Gasteiger charge is 2.22. The molecule has 3 rings (SSSR count).